The Bertz CT molecular complexity index is 551. The molecule has 0 aliphatic rings. The molecular formula is C22H44N2O6+2. The molecule has 1 N–H and O–H groups in total. The second kappa shape index (κ2) is 12.9. The molecule has 8 nitrogen and oxygen atoms in total. The maximum atomic E-state index is 12.7. The molecule has 0 aromatic carbocycles. The third kappa shape index (κ3) is 13.5. The number of carbonyl (C=O) groups excluding carboxylic acids is 2. The number of aliphatic carboxylic acids is 1. The van der Waals surface area contributed by atoms with E-state index in [0.29, 0.717) is 24.1 Å². The van der Waals surface area contributed by atoms with Crippen LogP contribution in [0.25, 0.3) is 0 Å². The predicted molar refractivity (Wildman–Crippen MR) is 116 cm³/mol. The summed E-state index contributed by atoms with van der Waals surface area (Å²) in [5.41, 5.74) is 0. The normalized spacial score (nSPS) is 15.2. The Hall–Kier alpha value is -1.67. The van der Waals surface area contributed by atoms with Crippen molar-refractivity contribution >= 4 is 17.9 Å². The molecule has 0 amide bonds. The van der Waals surface area contributed by atoms with E-state index in [9.17, 15) is 19.5 Å². The number of hydrogen-bond acceptors (Lipinski definition) is 5. The lowest BCUT2D eigenvalue weighted by Gasteiger charge is -2.25. The molecule has 0 radical (unpaired) electrons. The van der Waals surface area contributed by atoms with Crippen LogP contribution in [0.1, 0.15) is 39.5 Å². The maximum Gasteiger partial charge on any atom is 0.309 e. The van der Waals surface area contributed by atoms with E-state index in [0.717, 1.165) is 17.4 Å². The van der Waals surface area contributed by atoms with Gasteiger partial charge in [-0.3, -0.25) is 14.4 Å². The fourth-order valence-electron chi connectivity index (χ4n) is 2.96. The predicted octanol–water partition coefficient (Wildman–Crippen LogP) is 2.02. The van der Waals surface area contributed by atoms with Crippen molar-refractivity contribution < 1.29 is 37.9 Å². The van der Waals surface area contributed by atoms with Crippen LogP contribution in [0.15, 0.2) is 0 Å². The van der Waals surface area contributed by atoms with E-state index in [-0.39, 0.29) is 25.4 Å². The molecule has 3 atom stereocenters. The maximum absolute atomic E-state index is 12.7. The summed E-state index contributed by atoms with van der Waals surface area (Å²) in [6, 6.07) is 0. The van der Waals surface area contributed by atoms with Gasteiger partial charge in [0.05, 0.1) is 73.2 Å². The van der Waals surface area contributed by atoms with Crippen molar-refractivity contribution in [3.05, 3.63) is 0 Å². The Morgan fingerprint density at radius 1 is 0.800 bits per heavy atom. The van der Waals surface area contributed by atoms with E-state index in [4.69, 9.17) is 9.47 Å². The van der Waals surface area contributed by atoms with Crippen molar-refractivity contribution in [2.45, 2.75) is 39.5 Å². The number of carboxylic acid groups (broad SMARTS) is 1. The molecule has 3 unspecified atom stereocenters. The first-order chi connectivity index (χ1) is 13.7. The SMILES string of the molecule is CCC(CC(CC(C)C(=O)O)C(=O)OCCC[N+](C)(C)C)C(=O)OCC[N+](C)(C)C. The Morgan fingerprint density at radius 3 is 1.77 bits per heavy atom. The van der Waals surface area contributed by atoms with Crippen molar-refractivity contribution in [1.82, 2.24) is 0 Å². The highest BCUT2D eigenvalue weighted by atomic mass is 16.5. The largest absolute Gasteiger partial charge is 0.481 e. The molecule has 0 aliphatic heterocycles. The number of carbonyl (C=O) groups is 3. The van der Waals surface area contributed by atoms with Crippen LogP contribution in [0, 0.1) is 17.8 Å². The van der Waals surface area contributed by atoms with Crippen LogP contribution >= 0.6 is 0 Å². The first kappa shape index (κ1) is 28.3. The number of likely N-dealkylation sites (N-methyl/N-ethyl adjacent to an activating group) is 1. The summed E-state index contributed by atoms with van der Waals surface area (Å²) in [4.78, 5) is 36.5. The number of esters is 2. The van der Waals surface area contributed by atoms with Gasteiger partial charge in [-0.05, 0) is 19.3 Å². The summed E-state index contributed by atoms with van der Waals surface area (Å²) in [5, 5.41) is 9.26. The molecule has 0 heterocycles. The monoisotopic (exact) mass is 432 g/mol. The van der Waals surface area contributed by atoms with Crippen LogP contribution in [0.4, 0.5) is 0 Å². The van der Waals surface area contributed by atoms with Gasteiger partial charge in [-0.1, -0.05) is 13.8 Å². The van der Waals surface area contributed by atoms with E-state index in [1.54, 1.807) is 6.92 Å². The number of nitrogens with zero attached hydrogens (tertiary/aromatic N) is 2. The van der Waals surface area contributed by atoms with Gasteiger partial charge in [-0.25, -0.2) is 0 Å². The van der Waals surface area contributed by atoms with Crippen LogP contribution in [0.5, 0.6) is 0 Å². The molecule has 0 bridgehead atoms. The van der Waals surface area contributed by atoms with E-state index in [2.05, 4.69) is 21.1 Å². The lowest BCUT2D eigenvalue weighted by atomic mass is 9.86. The summed E-state index contributed by atoms with van der Waals surface area (Å²) >= 11 is 0. The summed E-state index contributed by atoms with van der Waals surface area (Å²) in [6.45, 7) is 5.59. The Morgan fingerprint density at radius 2 is 1.30 bits per heavy atom. The zero-order valence-electron chi connectivity index (χ0n) is 20.3. The van der Waals surface area contributed by atoms with Gasteiger partial charge < -0.3 is 23.5 Å². The fraction of sp³-hybridized carbons (Fsp3) is 0.864. The Labute approximate surface area is 182 Å². The smallest absolute Gasteiger partial charge is 0.309 e. The number of hydrogen-bond donors (Lipinski definition) is 1. The minimum absolute atomic E-state index is 0.145. The van der Waals surface area contributed by atoms with E-state index < -0.39 is 29.7 Å². The average molecular weight is 433 g/mol. The van der Waals surface area contributed by atoms with Crippen LogP contribution in [-0.4, -0.2) is 101 Å². The molecule has 0 saturated carbocycles. The average Bonchev–Trinajstić information content (AvgIpc) is 2.59. The highest BCUT2D eigenvalue weighted by Crippen LogP contribution is 2.25. The zero-order valence-corrected chi connectivity index (χ0v) is 20.3. The van der Waals surface area contributed by atoms with Crippen LogP contribution in [0.3, 0.4) is 0 Å². The number of quaternary nitrogens is 2. The van der Waals surface area contributed by atoms with E-state index in [1.807, 2.05) is 28.1 Å². The summed E-state index contributed by atoms with van der Waals surface area (Å²) in [6.07, 6.45) is 1.63. The van der Waals surface area contributed by atoms with Gasteiger partial charge in [0.1, 0.15) is 13.2 Å². The standard InChI is InChI=1S/C22H43N2O6/c1-9-18(21(27)30-14-12-24(6,7)8)16-19(15-17(2)20(25)26)22(28)29-13-10-11-23(3,4)5/h17-19H,9-16H2,1-8H3/q+1/p+1. The molecule has 0 saturated heterocycles. The molecule has 30 heavy (non-hydrogen) atoms. The third-order valence-corrected chi connectivity index (χ3v) is 5.01. The fourth-order valence-corrected chi connectivity index (χ4v) is 2.96. The number of rotatable bonds is 15. The lowest BCUT2D eigenvalue weighted by molar-refractivity contribution is -0.870. The molecule has 8 heteroatoms. The van der Waals surface area contributed by atoms with E-state index >= 15 is 0 Å². The second-order valence-corrected chi connectivity index (χ2v) is 10.2. The van der Waals surface area contributed by atoms with Gasteiger partial charge in [-0.2, -0.15) is 0 Å². The minimum Gasteiger partial charge on any atom is -0.481 e. The summed E-state index contributed by atoms with van der Waals surface area (Å²) in [5.74, 6) is -3.52. The first-order valence-electron chi connectivity index (χ1n) is 10.8. The van der Waals surface area contributed by atoms with E-state index in [1.165, 1.54) is 0 Å². The molecule has 0 aliphatic carbocycles. The van der Waals surface area contributed by atoms with Crippen LogP contribution < -0.4 is 0 Å². The topological polar surface area (TPSA) is 89.9 Å². The summed E-state index contributed by atoms with van der Waals surface area (Å²) < 4.78 is 12.3. The zero-order chi connectivity index (χ0) is 23.5. The number of carboxylic acids is 1. The van der Waals surface area contributed by atoms with Crippen molar-refractivity contribution in [2.75, 3.05) is 68.6 Å². The van der Waals surface area contributed by atoms with Gasteiger partial charge in [0, 0.05) is 6.42 Å². The lowest BCUT2D eigenvalue weighted by Crippen LogP contribution is -2.38. The van der Waals surface area contributed by atoms with Gasteiger partial charge in [0.15, 0.2) is 0 Å². The molecule has 0 fully saturated rings. The molecule has 0 aromatic heterocycles. The Balaban J connectivity index is 4.96. The molecule has 0 aromatic rings. The van der Waals surface area contributed by atoms with Crippen molar-refractivity contribution in [2.24, 2.45) is 17.8 Å². The van der Waals surface area contributed by atoms with Crippen LogP contribution in [0.2, 0.25) is 0 Å². The summed E-state index contributed by atoms with van der Waals surface area (Å²) in [7, 11) is 12.2. The Kier molecular flexibility index (Phi) is 12.2. The second-order valence-electron chi connectivity index (χ2n) is 10.2. The molecule has 176 valence electrons. The van der Waals surface area contributed by atoms with Crippen molar-refractivity contribution in [1.29, 1.82) is 0 Å². The van der Waals surface area contributed by atoms with Crippen LogP contribution in [-0.2, 0) is 23.9 Å². The van der Waals surface area contributed by atoms with Gasteiger partial charge in [0.2, 0.25) is 0 Å². The van der Waals surface area contributed by atoms with Gasteiger partial charge in [0.25, 0.3) is 0 Å². The van der Waals surface area contributed by atoms with Crippen molar-refractivity contribution in [3.63, 3.8) is 0 Å². The minimum atomic E-state index is -0.962. The third-order valence-electron chi connectivity index (χ3n) is 5.01. The number of ether oxygens (including phenoxy) is 2. The first-order valence-corrected chi connectivity index (χ1v) is 10.8. The van der Waals surface area contributed by atoms with Crippen molar-refractivity contribution in [3.8, 4) is 0 Å². The molecule has 0 spiro atoms. The molecule has 0 rings (SSSR count). The highest BCUT2D eigenvalue weighted by molar-refractivity contribution is 5.77. The quantitative estimate of drug-likeness (QED) is 0.242. The van der Waals surface area contributed by atoms with Gasteiger partial charge >= 0.3 is 17.9 Å². The molecular weight excluding hydrogens is 388 g/mol. The van der Waals surface area contributed by atoms with Gasteiger partial charge in [-0.15, -0.1) is 0 Å². The highest BCUT2D eigenvalue weighted by Gasteiger charge is 2.31.